The minimum atomic E-state index is 1.00. The number of hydrogen-bond donors (Lipinski definition) is 2. The van der Waals surface area contributed by atoms with Crippen LogP contribution in [0.2, 0.25) is 0 Å². The van der Waals surface area contributed by atoms with Gasteiger partial charge in [0.2, 0.25) is 0 Å². The molecular weight excluding hydrogens is 148 g/mol. The molecule has 0 saturated carbocycles. The van der Waals surface area contributed by atoms with Crippen molar-refractivity contribution >= 4 is 0 Å². The third-order valence-electron chi connectivity index (χ3n) is 2.10. The van der Waals surface area contributed by atoms with Gasteiger partial charge in [-0.05, 0) is 17.5 Å². The zero-order valence-corrected chi connectivity index (χ0v) is 7.14. The monoisotopic (exact) mass is 162 g/mol. The van der Waals surface area contributed by atoms with Crippen molar-refractivity contribution in [2.45, 2.75) is 6.42 Å². The smallest absolute Gasteiger partial charge is 0.0455 e. The van der Waals surface area contributed by atoms with E-state index in [1.54, 1.807) is 0 Å². The molecule has 64 valence electrons. The molecule has 0 atom stereocenters. The molecule has 1 aromatic rings. The fraction of sp³-hybridized carbons (Fsp3) is 0.400. The zero-order valence-electron chi connectivity index (χ0n) is 7.14. The number of benzene rings is 1. The van der Waals surface area contributed by atoms with Crippen molar-refractivity contribution in [2.24, 2.45) is 0 Å². The maximum absolute atomic E-state index is 3.11. The van der Waals surface area contributed by atoms with E-state index in [1.165, 1.54) is 17.5 Å². The van der Waals surface area contributed by atoms with Gasteiger partial charge in [0.05, 0.1) is 0 Å². The Kier molecular flexibility index (Phi) is 2.39. The van der Waals surface area contributed by atoms with Gasteiger partial charge in [0, 0.05) is 19.8 Å². The molecule has 0 unspecified atom stereocenters. The second-order valence-electron chi connectivity index (χ2n) is 3.12. The van der Waals surface area contributed by atoms with Crippen molar-refractivity contribution in [1.29, 1.82) is 0 Å². The van der Waals surface area contributed by atoms with E-state index in [4.69, 9.17) is 0 Å². The first kappa shape index (κ1) is 7.77. The SMILES string of the molecule is C1CNCN1.c1ccc2c(c1)C2. The van der Waals surface area contributed by atoms with Crippen LogP contribution in [0.4, 0.5) is 0 Å². The first-order valence-corrected chi connectivity index (χ1v) is 4.45. The number of nitrogens with one attached hydrogen (secondary N) is 2. The quantitative estimate of drug-likeness (QED) is 0.596. The summed E-state index contributed by atoms with van der Waals surface area (Å²) in [6.07, 6.45) is 1.24. The lowest BCUT2D eigenvalue weighted by molar-refractivity contribution is 0.807. The summed E-state index contributed by atoms with van der Waals surface area (Å²) in [4.78, 5) is 0. The molecule has 1 saturated heterocycles. The molecule has 2 aliphatic rings. The Bertz CT molecular complexity index is 225. The third-order valence-corrected chi connectivity index (χ3v) is 2.10. The minimum absolute atomic E-state index is 1.00. The normalized spacial score (nSPS) is 17.7. The molecule has 1 fully saturated rings. The van der Waals surface area contributed by atoms with Gasteiger partial charge in [-0.3, -0.25) is 0 Å². The highest BCUT2D eigenvalue weighted by molar-refractivity contribution is 5.44. The van der Waals surface area contributed by atoms with E-state index in [0.717, 1.165) is 19.8 Å². The summed E-state index contributed by atoms with van der Waals surface area (Å²) >= 11 is 0. The van der Waals surface area contributed by atoms with E-state index in [0.29, 0.717) is 0 Å². The van der Waals surface area contributed by atoms with Gasteiger partial charge in [-0.25, -0.2) is 0 Å². The molecule has 0 bridgehead atoms. The van der Waals surface area contributed by atoms with Crippen LogP contribution in [0.3, 0.4) is 0 Å². The van der Waals surface area contributed by atoms with Gasteiger partial charge in [-0.1, -0.05) is 24.3 Å². The molecule has 0 radical (unpaired) electrons. The van der Waals surface area contributed by atoms with E-state index < -0.39 is 0 Å². The molecule has 12 heavy (non-hydrogen) atoms. The first-order chi connectivity index (χ1) is 5.97. The number of hydrogen-bond acceptors (Lipinski definition) is 2. The van der Waals surface area contributed by atoms with Crippen LogP contribution < -0.4 is 10.6 Å². The van der Waals surface area contributed by atoms with Crippen molar-refractivity contribution in [3.63, 3.8) is 0 Å². The molecule has 1 heterocycles. The van der Waals surface area contributed by atoms with Gasteiger partial charge >= 0.3 is 0 Å². The van der Waals surface area contributed by atoms with Crippen molar-refractivity contribution < 1.29 is 0 Å². The average molecular weight is 162 g/mol. The van der Waals surface area contributed by atoms with Crippen molar-refractivity contribution in [3.8, 4) is 0 Å². The van der Waals surface area contributed by atoms with Crippen molar-refractivity contribution in [3.05, 3.63) is 35.4 Å². The Balaban J connectivity index is 0.000000100. The summed E-state index contributed by atoms with van der Waals surface area (Å²) in [6, 6.07) is 8.53. The minimum Gasteiger partial charge on any atom is -0.303 e. The average Bonchev–Trinajstić information content (AvgIpc) is 2.64. The van der Waals surface area contributed by atoms with Gasteiger partial charge in [-0.15, -0.1) is 0 Å². The Morgan fingerprint density at radius 1 is 0.917 bits per heavy atom. The van der Waals surface area contributed by atoms with E-state index in [2.05, 4.69) is 34.9 Å². The van der Waals surface area contributed by atoms with Crippen LogP contribution in [0.5, 0.6) is 0 Å². The van der Waals surface area contributed by atoms with Gasteiger partial charge in [0.1, 0.15) is 0 Å². The lowest BCUT2D eigenvalue weighted by Gasteiger charge is -1.77. The van der Waals surface area contributed by atoms with Crippen LogP contribution in [0, 0.1) is 0 Å². The van der Waals surface area contributed by atoms with Crippen molar-refractivity contribution in [2.75, 3.05) is 19.8 Å². The summed E-state index contributed by atoms with van der Waals surface area (Å²) in [5.41, 5.74) is 3.06. The highest BCUT2D eigenvalue weighted by atomic mass is 15.1. The van der Waals surface area contributed by atoms with Crippen LogP contribution >= 0.6 is 0 Å². The fourth-order valence-corrected chi connectivity index (χ4v) is 1.28. The fourth-order valence-electron chi connectivity index (χ4n) is 1.28. The van der Waals surface area contributed by atoms with Crippen molar-refractivity contribution in [1.82, 2.24) is 10.6 Å². The molecule has 1 aromatic carbocycles. The van der Waals surface area contributed by atoms with Crippen LogP contribution in [-0.4, -0.2) is 19.8 Å². The largest absolute Gasteiger partial charge is 0.303 e. The molecule has 2 N–H and O–H groups in total. The van der Waals surface area contributed by atoms with E-state index in [-0.39, 0.29) is 0 Å². The highest BCUT2D eigenvalue weighted by Gasteiger charge is 2.12. The second-order valence-corrected chi connectivity index (χ2v) is 3.12. The Hall–Kier alpha value is -0.860. The van der Waals surface area contributed by atoms with Gasteiger partial charge < -0.3 is 10.6 Å². The molecule has 1 aliphatic heterocycles. The number of fused-ring (bicyclic) bond motifs is 1. The van der Waals surface area contributed by atoms with E-state index in [9.17, 15) is 0 Å². The Morgan fingerprint density at radius 3 is 1.83 bits per heavy atom. The highest BCUT2D eigenvalue weighted by Crippen LogP contribution is 2.25. The summed E-state index contributed by atoms with van der Waals surface area (Å²) in [6.45, 7) is 3.28. The number of rotatable bonds is 0. The molecule has 0 aromatic heterocycles. The van der Waals surface area contributed by atoms with Gasteiger partial charge in [0.15, 0.2) is 0 Å². The molecule has 0 amide bonds. The third kappa shape index (κ3) is 2.06. The first-order valence-electron chi connectivity index (χ1n) is 4.45. The standard InChI is InChI=1S/C7H6.C3H8N2/c1-2-4-7-5-6(7)3-1;1-2-5-3-4-1/h1-4H,5H2;4-5H,1-3H2. The molecule has 2 nitrogen and oxygen atoms in total. The lowest BCUT2D eigenvalue weighted by atomic mass is 10.4. The van der Waals surface area contributed by atoms with Crippen LogP contribution in [0.25, 0.3) is 0 Å². The van der Waals surface area contributed by atoms with Crippen LogP contribution in [-0.2, 0) is 6.42 Å². The summed E-state index contributed by atoms with van der Waals surface area (Å²) in [5, 5.41) is 6.22. The molecular formula is C10H14N2. The summed E-state index contributed by atoms with van der Waals surface area (Å²) < 4.78 is 0. The van der Waals surface area contributed by atoms with Crippen LogP contribution in [0.1, 0.15) is 11.1 Å². The topological polar surface area (TPSA) is 24.1 Å². The molecule has 0 spiro atoms. The van der Waals surface area contributed by atoms with Gasteiger partial charge in [-0.2, -0.15) is 0 Å². The van der Waals surface area contributed by atoms with E-state index in [1.807, 2.05) is 0 Å². The molecule has 1 aliphatic carbocycles. The Morgan fingerprint density at radius 2 is 1.50 bits per heavy atom. The predicted molar refractivity (Wildman–Crippen MR) is 50.1 cm³/mol. The lowest BCUT2D eigenvalue weighted by Crippen LogP contribution is -2.11. The van der Waals surface area contributed by atoms with Gasteiger partial charge in [0.25, 0.3) is 0 Å². The summed E-state index contributed by atoms with van der Waals surface area (Å²) in [7, 11) is 0. The molecule has 2 heteroatoms. The van der Waals surface area contributed by atoms with E-state index >= 15 is 0 Å². The Labute approximate surface area is 73.0 Å². The molecule has 3 rings (SSSR count). The summed E-state index contributed by atoms with van der Waals surface area (Å²) in [5.74, 6) is 0. The maximum Gasteiger partial charge on any atom is 0.0455 e. The predicted octanol–water partition coefficient (Wildman–Crippen LogP) is 0.727. The second kappa shape index (κ2) is 3.70. The zero-order chi connectivity index (χ0) is 8.23. The van der Waals surface area contributed by atoms with Crippen LogP contribution in [0.15, 0.2) is 24.3 Å². The maximum atomic E-state index is 3.11.